The van der Waals surface area contributed by atoms with Gasteiger partial charge >= 0.3 is 0 Å². The van der Waals surface area contributed by atoms with Gasteiger partial charge in [-0.3, -0.25) is 4.90 Å². The Kier molecular flexibility index (Phi) is 6.27. The van der Waals surface area contributed by atoms with Crippen molar-refractivity contribution in [3.63, 3.8) is 0 Å². The summed E-state index contributed by atoms with van der Waals surface area (Å²) in [5.74, 6) is 6.82. The van der Waals surface area contributed by atoms with Crippen LogP contribution in [0, 0.1) is 11.8 Å². The Bertz CT molecular complexity index is 1280. The minimum Gasteiger partial charge on any atom is -0.466 e. The Morgan fingerprint density at radius 3 is 2.33 bits per heavy atom. The Hall–Kier alpha value is -3.75. The first-order chi connectivity index (χ1) is 16.3. The number of aromatic nitrogens is 3. The molecule has 1 aliphatic rings. The van der Waals surface area contributed by atoms with E-state index in [4.69, 9.17) is 14.7 Å². The van der Waals surface area contributed by atoms with Gasteiger partial charge in [0.25, 0.3) is 0 Å². The number of likely N-dealkylation sites (tertiary alicyclic amines) is 1. The van der Waals surface area contributed by atoms with Crippen LogP contribution in [0.15, 0.2) is 79.0 Å². The van der Waals surface area contributed by atoms with Crippen molar-refractivity contribution in [2.75, 3.05) is 13.1 Å². The second kappa shape index (κ2) is 9.81. The van der Waals surface area contributed by atoms with E-state index in [0.29, 0.717) is 22.7 Å². The zero-order chi connectivity index (χ0) is 22.5. The highest BCUT2D eigenvalue weighted by Crippen LogP contribution is 2.30. The van der Waals surface area contributed by atoms with Crippen molar-refractivity contribution in [2.45, 2.75) is 31.9 Å². The average Bonchev–Trinajstić information content (AvgIpc) is 3.42. The van der Waals surface area contributed by atoms with Crippen molar-refractivity contribution in [3.8, 4) is 17.7 Å². The van der Waals surface area contributed by atoms with Gasteiger partial charge in [0.2, 0.25) is 5.88 Å². The van der Waals surface area contributed by atoms with Crippen LogP contribution in [0.4, 0.5) is 0 Å². The molecule has 1 fully saturated rings. The van der Waals surface area contributed by atoms with Crippen molar-refractivity contribution < 1.29 is 4.74 Å². The first kappa shape index (κ1) is 21.1. The molecule has 2 aromatic carbocycles. The van der Waals surface area contributed by atoms with Crippen LogP contribution in [0.2, 0.25) is 0 Å². The van der Waals surface area contributed by atoms with Gasteiger partial charge in [-0.05, 0) is 68.6 Å². The molecular formula is C28H26N4O. The summed E-state index contributed by atoms with van der Waals surface area (Å²) in [6.45, 7) is 4.40. The number of pyridine rings is 1. The molecule has 2 atom stereocenters. The number of hydrogen-bond acceptors (Lipinski definition) is 5. The van der Waals surface area contributed by atoms with E-state index >= 15 is 0 Å². The Morgan fingerprint density at radius 1 is 0.848 bits per heavy atom. The van der Waals surface area contributed by atoms with Crippen molar-refractivity contribution in [1.29, 1.82) is 0 Å². The molecule has 0 N–H and O–H groups in total. The molecule has 4 aromatic rings. The first-order valence-electron chi connectivity index (χ1n) is 11.4. The number of nitrogens with zero attached hydrogens (tertiary/aromatic N) is 4. The number of rotatable bonds is 5. The molecule has 164 valence electrons. The van der Waals surface area contributed by atoms with Gasteiger partial charge in [0.1, 0.15) is 11.6 Å². The predicted octanol–water partition coefficient (Wildman–Crippen LogP) is 5.03. The zero-order valence-electron chi connectivity index (χ0n) is 18.7. The van der Waals surface area contributed by atoms with Gasteiger partial charge in [-0.15, -0.1) is 0 Å². The van der Waals surface area contributed by atoms with Gasteiger partial charge in [0, 0.05) is 17.8 Å². The molecule has 5 heteroatoms. The monoisotopic (exact) mass is 434 g/mol. The van der Waals surface area contributed by atoms with Crippen LogP contribution in [-0.4, -0.2) is 39.0 Å². The van der Waals surface area contributed by atoms with E-state index in [1.165, 1.54) is 12.8 Å². The molecule has 33 heavy (non-hydrogen) atoms. The molecule has 2 aromatic heterocycles. The maximum absolute atomic E-state index is 6.66. The lowest BCUT2D eigenvalue weighted by Gasteiger charge is -2.32. The van der Waals surface area contributed by atoms with Gasteiger partial charge in [0.15, 0.2) is 11.3 Å². The summed E-state index contributed by atoms with van der Waals surface area (Å²) >= 11 is 0. The highest BCUT2D eigenvalue weighted by molar-refractivity contribution is 5.71. The van der Waals surface area contributed by atoms with Crippen LogP contribution in [0.5, 0.6) is 5.88 Å². The third-order valence-electron chi connectivity index (χ3n) is 6.03. The van der Waals surface area contributed by atoms with Gasteiger partial charge in [-0.2, -0.15) is 0 Å². The third-order valence-corrected chi connectivity index (χ3v) is 6.03. The molecule has 5 nitrogen and oxygen atoms in total. The van der Waals surface area contributed by atoms with Gasteiger partial charge in [-0.25, -0.2) is 15.0 Å². The first-order valence-corrected chi connectivity index (χ1v) is 11.4. The van der Waals surface area contributed by atoms with Crippen LogP contribution < -0.4 is 4.74 Å². The average molecular weight is 435 g/mol. The second-order valence-electron chi connectivity index (χ2n) is 8.27. The van der Waals surface area contributed by atoms with Gasteiger partial charge < -0.3 is 4.74 Å². The largest absolute Gasteiger partial charge is 0.466 e. The standard InChI is InChI=1S/C28H26N4O/c1-21(32-19-8-9-20-32)26(23-13-6-3-7-14-23)33-28-25(17-16-22-11-4-2-5-12-22)30-27-24(31-28)15-10-18-29-27/h2-7,10-15,18,21,26H,8-9,19-20H2,1H3/t21-,26-/m1/s1. The normalized spacial score (nSPS) is 15.5. The van der Waals surface area contributed by atoms with Crippen LogP contribution in [0.25, 0.3) is 11.2 Å². The minimum absolute atomic E-state index is 0.190. The summed E-state index contributed by atoms with van der Waals surface area (Å²) in [4.78, 5) is 16.4. The summed E-state index contributed by atoms with van der Waals surface area (Å²) in [6, 6.07) is 24.2. The van der Waals surface area contributed by atoms with Crippen LogP contribution in [-0.2, 0) is 0 Å². The molecule has 0 radical (unpaired) electrons. The zero-order valence-corrected chi connectivity index (χ0v) is 18.7. The number of ether oxygens (including phenoxy) is 1. The third kappa shape index (κ3) is 4.87. The van der Waals surface area contributed by atoms with Crippen LogP contribution in [0.3, 0.4) is 0 Å². The van der Waals surface area contributed by atoms with E-state index in [1.807, 2.05) is 48.5 Å². The molecule has 1 saturated heterocycles. The molecule has 1 aliphatic heterocycles. The number of benzene rings is 2. The van der Waals surface area contributed by atoms with Crippen molar-refractivity contribution in [2.24, 2.45) is 0 Å². The molecule has 5 rings (SSSR count). The summed E-state index contributed by atoms with van der Waals surface area (Å²) in [7, 11) is 0. The van der Waals surface area contributed by atoms with Gasteiger partial charge in [-0.1, -0.05) is 54.5 Å². The molecular weight excluding hydrogens is 408 g/mol. The maximum atomic E-state index is 6.66. The molecule has 0 saturated carbocycles. The van der Waals surface area contributed by atoms with E-state index in [0.717, 1.165) is 24.2 Å². The predicted molar refractivity (Wildman–Crippen MR) is 130 cm³/mol. The second-order valence-corrected chi connectivity index (χ2v) is 8.27. The summed E-state index contributed by atoms with van der Waals surface area (Å²) in [5, 5.41) is 0. The lowest BCUT2D eigenvalue weighted by atomic mass is 10.0. The molecule has 0 unspecified atom stereocenters. The fraction of sp³-hybridized carbons (Fsp3) is 0.250. The topological polar surface area (TPSA) is 51.1 Å². The van der Waals surface area contributed by atoms with Gasteiger partial charge in [0.05, 0.1) is 0 Å². The smallest absolute Gasteiger partial charge is 0.250 e. The Balaban J connectivity index is 1.56. The number of hydrogen-bond donors (Lipinski definition) is 0. The fourth-order valence-electron chi connectivity index (χ4n) is 4.24. The van der Waals surface area contributed by atoms with Crippen LogP contribution in [0.1, 0.15) is 42.7 Å². The van der Waals surface area contributed by atoms with Crippen molar-refractivity contribution >= 4 is 11.2 Å². The van der Waals surface area contributed by atoms with E-state index in [9.17, 15) is 0 Å². The van der Waals surface area contributed by atoms with E-state index in [-0.39, 0.29) is 12.1 Å². The van der Waals surface area contributed by atoms with Crippen molar-refractivity contribution in [1.82, 2.24) is 19.9 Å². The highest BCUT2D eigenvalue weighted by Gasteiger charge is 2.30. The Labute approximate surface area is 194 Å². The molecule has 0 spiro atoms. The maximum Gasteiger partial charge on any atom is 0.250 e. The van der Waals surface area contributed by atoms with Crippen LogP contribution >= 0.6 is 0 Å². The number of fused-ring (bicyclic) bond motifs is 1. The molecule has 0 aliphatic carbocycles. The minimum atomic E-state index is -0.190. The molecule has 0 bridgehead atoms. The molecule has 3 heterocycles. The summed E-state index contributed by atoms with van der Waals surface area (Å²) in [5.41, 5.74) is 3.78. The summed E-state index contributed by atoms with van der Waals surface area (Å²) in [6.07, 6.45) is 3.97. The lowest BCUT2D eigenvalue weighted by molar-refractivity contribution is 0.0869. The fourth-order valence-corrected chi connectivity index (χ4v) is 4.24. The Morgan fingerprint density at radius 2 is 1.58 bits per heavy atom. The van der Waals surface area contributed by atoms with E-state index < -0.39 is 0 Å². The highest BCUT2D eigenvalue weighted by atomic mass is 16.5. The quantitative estimate of drug-likeness (QED) is 0.413. The van der Waals surface area contributed by atoms with E-state index in [2.05, 4.69) is 52.9 Å². The SMILES string of the molecule is C[C@H]([C@@H](Oc1nc2cccnc2nc1C#Cc1ccccc1)c1ccccc1)N1CCCC1. The summed E-state index contributed by atoms with van der Waals surface area (Å²) < 4.78 is 6.66. The molecule has 0 amide bonds. The van der Waals surface area contributed by atoms with E-state index in [1.54, 1.807) is 6.20 Å². The van der Waals surface area contributed by atoms with Crippen molar-refractivity contribution in [3.05, 3.63) is 95.8 Å². The lowest BCUT2D eigenvalue weighted by Crippen LogP contribution is -2.37.